The SMILES string of the molecule is CCNC(=NCC(=O)N1CCCCC1)NCC(CC)CC. The molecule has 0 saturated carbocycles. The van der Waals surface area contributed by atoms with Crippen LogP contribution in [0.4, 0.5) is 0 Å². The maximum atomic E-state index is 12.1. The van der Waals surface area contributed by atoms with E-state index in [1.54, 1.807) is 0 Å². The molecule has 0 aromatic rings. The molecule has 0 spiro atoms. The van der Waals surface area contributed by atoms with Crippen LogP contribution in [0.5, 0.6) is 0 Å². The van der Waals surface area contributed by atoms with Crippen molar-refractivity contribution in [2.75, 3.05) is 32.7 Å². The van der Waals surface area contributed by atoms with Gasteiger partial charge in [-0.05, 0) is 32.1 Å². The van der Waals surface area contributed by atoms with Crippen molar-refractivity contribution in [3.63, 3.8) is 0 Å². The van der Waals surface area contributed by atoms with Gasteiger partial charge in [0.05, 0.1) is 0 Å². The minimum atomic E-state index is 0.148. The van der Waals surface area contributed by atoms with Crippen LogP contribution in [-0.2, 0) is 4.79 Å². The summed E-state index contributed by atoms with van der Waals surface area (Å²) in [5.41, 5.74) is 0. The average Bonchev–Trinajstić information content (AvgIpc) is 2.53. The molecule has 0 bridgehead atoms. The van der Waals surface area contributed by atoms with Crippen molar-refractivity contribution in [3.05, 3.63) is 0 Å². The van der Waals surface area contributed by atoms with Gasteiger partial charge in [-0.3, -0.25) is 4.79 Å². The summed E-state index contributed by atoms with van der Waals surface area (Å²) in [7, 11) is 0. The Labute approximate surface area is 129 Å². The summed E-state index contributed by atoms with van der Waals surface area (Å²) < 4.78 is 0. The Kier molecular flexibility index (Phi) is 8.87. The molecule has 1 amide bonds. The highest BCUT2D eigenvalue weighted by Gasteiger charge is 2.16. The van der Waals surface area contributed by atoms with E-state index < -0.39 is 0 Å². The van der Waals surface area contributed by atoms with Crippen molar-refractivity contribution < 1.29 is 4.79 Å². The minimum Gasteiger partial charge on any atom is -0.357 e. The lowest BCUT2D eigenvalue weighted by Gasteiger charge is -2.26. The first-order valence-electron chi connectivity index (χ1n) is 8.51. The lowest BCUT2D eigenvalue weighted by molar-refractivity contribution is -0.130. The number of amides is 1. The zero-order chi connectivity index (χ0) is 15.5. The molecule has 21 heavy (non-hydrogen) atoms. The molecular formula is C16H32N4O. The number of likely N-dealkylation sites (tertiary alicyclic amines) is 1. The number of nitrogens with zero attached hydrogens (tertiary/aromatic N) is 2. The van der Waals surface area contributed by atoms with Crippen LogP contribution in [0.1, 0.15) is 52.9 Å². The number of hydrogen-bond donors (Lipinski definition) is 2. The van der Waals surface area contributed by atoms with Crippen LogP contribution < -0.4 is 10.6 Å². The van der Waals surface area contributed by atoms with E-state index in [0.29, 0.717) is 5.92 Å². The van der Waals surface area contributed by atoms with Crippen molar-refractivity contribution >= 4 is 11.9 Å². The van der Waals surface area contributed by atoms with Gasteiger partial charge in [0.1, 0.15) is 6.54 Å². The molecule has 2 N–H and O–H groups in total. The first-order valence-corrected chi connectivity index (χ1v) is 8.51. The normalized spacial score (nSPS) is 16.2. The summed E-state index contributed by atoms with van der Waals surface area (Å²) in [4.78, 5) is 18.5. The van der Waals surface area contributed by atoms with E-state index in [1.165, 1.54) is 6.42 Å². The van der Waals surface area contributed by atoms with Crippen LogP contribution >= 0.6 is 0 Å². The predicted molar refractivity (Wildman–Crippen MR) is 88.5 cm³/mol. The monoisotopic (exact) mass is 296 g/mol. The van der Waals surface area contributed by atoms with Gasteiger partial charge in [-0.15, -0.1) is 0 Å². The molecule has 0 unspecified atom stereocenters. The first-order chi connectivity index (χ1) is 10.2. The highest BCUT2D eigenvalue weighted by Crippen LogP contribution is 2.08. The Morgan fingerprint density at radius 3 is 2.33 bits per heavy atom. The van der Waals surface area contributed by atoms with E-state index in [-0.39, 0.29) is 12.5 Å². The van der Waals surface area contributed by atoms with Crippen molar-refractivity contribution in [3.8, 4) is 0 Å². The van der Waals surface area contributed by atoms with Gasteiger partial charge in [-0.2, -0.15) is 0 Å². The smallest absolute Gasteiger partial charge is 0.244 e. The summed E-state index contributed by atoms with van der Waals surface area (Å²) in [5, 5.41) is 6.56. The van der Waals surface area contributed by atoms with Crippen LogP contribution in [0.25, 0.3) is 0 Å². The Morgan fingerprint density at radius 2 is 1.76 bits per heavy atom. The van der Waals surface area contributed by atoms with Crippen LogP contribution in [-0.4, -0.2) is 49.5 Å². The standard InChI is InChI=1S/C16H32N4O/c1-4-14(5-2)12-18-16(17-6-3)19-13-15(21)20-10-8-7-9-11-20/h14H,4-13H2,1-3H3,(H2,17,18,19). The van der Waals surface area contributed by atoms with Gasteiger partial charge in [0.25, 0.3) is 0 Å². The molecule has 122 valence electrons. The molecule has 0 aromatic heterocycles. The van der Waals surface area contributed by atoms with Crippen LogP contribution in [0, 0.1) is 5.92 Å². The number of hydrogen-bond acceptors (Lipinski definition) is 2. The Bertz CT molecular complexity index is 320. The van der Waals surface area contributed by atoms with E-state index in [0.717, 1.165) is 57.8 Å². The summed E-state index contributed by atoms with van der Waals surface area (Å²) in [6.45, 7) is 10.2. The number of nitrogens with one attached hydrogen (secondary N) is 2. The second-order valence-electron chi connectivity index (χ2n) is 5.70. The summed E-state index contributed by atoms with van der Waals surface area (Å²) in [6, 6.07) is 0. The number of aliphatic imine (C=N–C) groups is 1. The highest BCUT2D eigenvalue weighted by molar-refractivity contribution is 5.85. The molecule has 1 heterocycles. The van der Waals surface area contributed by atoms with E-state index in [2.05, 4.69) is 29.5 Å². The second kappa shape index (κ2) is 10.5. The van der Waals surface area contributed by atoms with Crippen molar-refractivity contribution in [2.45, 2.75) is 52.9 Å². The maximum absolute atomic E-state index is 12.1. The van der Waals surface area contributed by atoms with E-state index in [1.807, 2.05) is 11.8 Å². The first kappa shape index (κ1) is 17.8. The van der Waals surface area contributed by atoms with Gasteiger partial charge in [-0.25, -0.2) is 4.99 Å². The molecule has 1 aliphatic heterocycles. The van der Waals surface area contributed by atoms with E-state index >= 15 is 0 Å². The summed E-state index contributed by atoms with van der Waals surface area (Å²) in [6.07, 6.45) is 5.82. The third kappa shape index (κ3) is 6.82. The molecule has 5 nitrogen and oxygen atoms in total. The molecule has 1 rings (SSSR count). The fourth-order valence-electron chi connectivity index (χ4n) is 2.55. The van der Waals surface area contributed by atoms with Crippen molar-refractivity contribution in [1.82, 2.24) is 15.5 Å². The molecule has 1 aliphatic rings. The molecule has 0 aliphatic carbocycles. The lowest BCUT2D eigenvalue weighted by Crippen LogP contribution is -2.41. The summed E-state index contributed by atoms with van der Waals surface area (Å²) >= 11 is 0. The Morgan fingerprint density at radius 1 is 1.10 bits per heavy atom. The quantitative estimate of drug-likeness (QED) is 0.558. The van der Waals surface area contributed by atoms with Gasteiger partial charge >= 0.3 is 0 Å². The molecule has 5 heteroatoms. The molecule has 1 fully saturated rings. The molecule has 0 aromatic carbocycles. The fourth-order valence-corrected chi connectivity index (χ4v) is 2.55. The number of guanidine groups is 1. The number of carbonyl (C=O) groups excluding carboxylic acids is 1. The van der Waals surface area contributed by atoms with E-state index in [9.17, 15) is 4.79 Å². The van der Waals surface area contributed by atoms with E-state index in [4.69, 9.17) is 0 Å². The summed E-state index contributed by atoms with van der Waals surface area (Å²) in [5.74, 6) is 1.57. The predicted octanol–water partition coefficient (Wildman–Crippen LogP) is 1.99. The van der Waals surface area contributed by atoms with Crippen LogP contribution in [0.3, 0.4) is 0 Å². The topological polar surface area (TPSA) is 56.7 Å². The molecule has 1 saturated heterocycles. The zero-order valence-electron chi connectivity index (χ0n) is 14.0. The fraction of sp³-hybridized carbons (Fsp3) is 0.875. The second-order valence-corrected chi connectivity index (χ2v) is 5.70. The molecule has 0 radical (unpaired) electrons. The highest BCUT2D eigenvalue weighted by atomic mass is 16.2. The zero-order valence-corrected chi connectivity index (χ0v) is 14.0. The number of rotatable bonds is 7. The minimum absolute atomic E-state index is 0.148. The largest absolute Gasteiger partial charge is 0.357 e. The third-order valence-electron chi connectivity index (χ3n) is 4.14. The number of piperidine rings is 1. The molecule has 0 atom stereocenters. The van der Waals surface area contributed by atoms with Gasteiger partial charge in [0.15, 0.2) is 5.96 Å². The third-order valence-corrected chi connectivity index (χ3v) is 4.14. The van der Waals surface area contributed by atoms with Gasteiger partial charge in [0.2, 0.25) is 5.91 Å². The van der Waals surface area contributed by atoms with Crippen molar-refractivity contribution in [1.29, 1.82) is 0 Å². The Balaban J connectivity index is 2.44. The van der Waals surface area contributed by atoms with Crippen LogP contribution in [0.2, 0.25) is 0 Å². The number of carbonyl (C=O) groups is 1. The van der Waals surface area contributed by atoms with Gasteiger partial charge in [0, 0.05) is 26.2 Å². The Hall–Kier alpha value is -1.26. The van der Waals surface area contributed by atoms with Gasteiger partial charge < -0.3 is 15.5 Å². The van der Waals surface area contributed by atoms with Gasteiger partial charge in [-0.1, -0.05) is 26.7 Å². The van der Waals surface area contributed by atoms with Crippen LogP contribution in [0.15, 0.2) is 4.99 Å². The molecular weight excluding hydrogens is 264 g/mol. The maximum Gasteiger partial charge on any atom is 0.244 e. The average molecular weight is 296 g/mol. The van der Waals surface area contributed by atoms with Crippen molar-refractivity contribution in [2.24, 2.45) is 10.9 Å². The lowest BCUT2D eigenvalue weighted by atomic mass is 10.0.